The fraction of sp³-hybridized carbons (Fsp3) is 0.250. The summed E-state index contributed by atoms with van der Waals surface area (Å²) in [6.45, 7) is 3.08. The van der Waals surface area contributed by atoms with E-state index in [1.54, 1.807) is 17.5 Å². The number of anilines is 2. The van der Waals surface area contributed by atoms with Crippen molar-refractivity contribution in [1.82, 2.24) is 20.3 Å². The fourth-order valence-corrected chi connectivity index (χ4v) is 4.16. The van der Waals surface area contributed by atoms with Gasteiger partial charge in [-0.05, 0) is 36.1 Å². The largest absolute Gasteiger partial charge is 0.490 e. The lowest BCUT2D eigenvalue weighted by atomic mass is 10.1. The topological polar surface area (TPSA) is 129 Å². The number of aryl methyl sites for hydroxylation is 1. The molecular weight excluding hydrogens is 557 g/mol. The molecule has 0 aliphatic rings. The molecule has 9 nitrogen and oxygen atoms in total. The molecule has 1 atom stereocenters. The van der Waals surface area contributed by atoms with Crippen LogP contribution in [0.1, 0.15) is 21.8 Å². The summed E-state index contributed by atoms with van der Waals surface area (Å²) in [5, 5.41) is 18.8. The maximum Gasteiger partial charge on any atom is 0.490 e. The van der Waals surface area contributed by atoms with Crippen molar-refractivity contribution in [3.8, 4) is 0 Å². The highest BCUT2D eigenvalue weighted by Gasteiger charge is 2.38. The highest BCUT2D eigenvalue weighted by Crippen LogP contribution is 2.15. The number of carboxylic acids is 1. The Bertz CT molecular complexity index is 1370. The van der Waals surface area contributed by atoms with Crippen LogP contribution in [0.3, 0.4) is 0 Å². The number of hydrogen-bond donors (Lipinski definition) is 4. The van der Waals surface area contributed by atoms with Gasteiger partial charge in [-0.25, -0.2) is 9.78 Å². The fourth-order valence-electron chi connectivity index (χ4n) is 3.52. The second kappa shape index (κ2) is 15.3. The minimum absolute atomic E-state index is 0.0711. The zero-order chi connectivity index (χ0) is 29.7. The number of amides is 1. The molecule has 0 aliphatic carbocycles. The van der Waals surface area contributed by atoms with Gasteiger partial charge >= 0.3 is 12.1 Å². The van der Waals surface area contributed by atoms with Crippen LogP contribution in [-0.4, -0.2) is 50.7 Å². The summed E-state index contributed by atoms with van der Waals surface area (Å²) in [5.74, 6) is -1.69. The van der Waals surface area contributed by atoms with Crippen molar-refractivity contribution in [3.63, 3.8) is 0 Å². The van der Waals surface area contributed by atoms with E-state index >= 15 is 0 Å². The lowest BCUT2D eigenvalue weighted by molar-refractivity contribution is -0.192. The number of nitrogens with one attached hydrogen (secondary N) is 3. The van der Waals surface area contributed by atoms with E-state index in [2.05, 4.69) is 30.9 Å². The zero-order valence-corrected chi connectivity index (χ0v) is 22.9. The third-order valence-corrected chi connectivity index (χ3v) is 6.30. The monoisotopic (exact) mass is 586 g/mol. The normalized spacial score (nSPS) is 11.5. The van der Waals surface area contributed by atoms with E-state index in [1.807, 2.05) is 79.0 Å². The molecule has 216 valence electrons. The van der Waals surface area contributed by atoms with Crippen LogP contribution in [0, 0.1) is 6.92 Å². The second-order valence-electron chi connectivity index (χ2n) is 8.70. The standard InChI is InChI=1S/C26H28N6OS.C2HF3O2/c1-19-16-24(32-26(30-19)28-14-12-21-10-5-6-13-27-21)31-23(17-20-8-3-2-4-9-20)25(33)29-18-22-11-7-15-34-22;3-2(4,5)1(6)7/h2-11,13,15-16,23H,12,14,17-18H2,1H3,(H,29,33)(H2,28,30,31,32);(H,6,7)/t23-;/m0./s1. The summed E-state index contributed by atoms with van der Waals surface area (Å²) < 4.78 is 31.7. The average molecular weight is 587 g/mol. The number of pyridine rings is 1. The molecule has 0 unspecified atom stereocenters. The lowest BCUT2D eigenvalue weighted by Crippen LogP contribution is -2.41. The van der Waals surface area contributed by atoms with Crippen molar-refractivity contribution >= 4 is 35.0 Å². The van der Waals surface area contributed by atoms with Crippen LogP contribution >= 0.6 is 11.3 Å². The van der Waals surface area contributed by atoms with Crippen molar-refractivity contribution in [2.75, 3.05) is 17.2 Å². The van der Waals surface area contributed by atoms with Crippen LogP contribution in [0.15, 0.2) is 78.3 Å². The van der Waals surface area contributed by atoms with Crippen LogP contribution in [0.2, 0.25) is 0 Å². The van der Waals surface area contributed by atoms with Crippen molar-refractivity contribution in [2.45, 2.75) is 38.5 Å². The predicted molar refractivity (Wildman–Crippen MR) is 151 cm³/mol. The molecule has 0 spiro atoms. The van der Waals surface area contributed by atoms with Gasteiger partial charge in [-0.2, -0.15) is 18.2 Å². The van der Waals surface area contributed by atoms with Crippen LogP contribution in [0.25, 0.3) is 0 Å². The number of benzene rings is 1. The summed E-state index contributed by atoms with van der Waals surface area (Å²) in [6.07, 6.45) is -1.98. The smallest absolute Gasteiger partial charge is 0.475 e. The Morgan fingerprint density at radius 2 is 1.76 bits per heavy atom. The molecule has 0 bridgehead atoms. The van der Waals surface area contributed by atoms with Crippen LogP contribution in [-0.2, 0) is 29.0 Å². The van der Waals surface area contributed by atoms with E-state index in [4.69, 9.17) is 9.90 Å². The Hall–Kier alpha value is -4.52. The molecule has 1 amide bonds. The first-order chi connectivity index (χ1) is 19.6. The Kier molecular flexibility index (Phi) is 11.6. The van der Waals surface area contributed by atoms with Gasteiger partial charge in [0.05, 0.1) is 6.54 Å². The number of aliphatic carboxylic acids is 1. The molecule has 0 saturated carbocycles. The van der Waals surface area contributed by atoms with Gasteiger partial charge in [0.15, 0.2) is 0 Å². The Morgan fingerprint density at radius 3 is 2.39 bits per heavy atom. The van der Waals surface area contributed by atoms with Gasteiger partial charge in [0.2, 0.25) is 11.9 Å². The van der Waals surface area contributed by atoms with Crippen LogP contribution in [0.4, 0.5) is 24.9 Å². The maximum atomic E-state index is 13.1. The number of nitrogens with zero attached hydrogens (tertiary/aromatic N) is 3. The number of carbonyl (C=O) groups is 2. The van der Waals surface area contributed by atoms with Crippen molar-refractivity contribution in [2.24, 2.45) is 0 Å². The predicted octanol–water partition coefficient (Wildman–Crippen LogP) is 4.87. The number of rotatable bonds is 11. The first-order valence-electron chi connectivity index (χ1n) is 12.5. The summed E-state index contributed by atoms with van der Waals surface area (Å²) in [7, 11) is 0. The molecule has 4 N–H and O–H groups in total. The number of carboxylic acid groups (broad SMARTS) is 1. The summed E-state index contributed by atoms with van der Waals surface area (Å²) >= 11 is 1.63. The quantitative estimate of drug-likeness (QED) is 0.196. The molecule has 13 heteroatoms. The minimum Gasteiger partial charge on any atom is -0.475 e. The van der Waals surface area contributed by atoms with Gasteiger partial charge in [0.1, 0.15) is 11.9 Å². The maximum absolute atomic E-state index is 13.1. The van der Waals surface area contributed by atoms with Crippen molar-refractivity contribution in [1.29, 1.82) is 0 Å². The highest BCUT2D eigenvalue weighted by molar-refractivity contribution is 7.09. The van der Waals surface area contributed by atoms with E-state index in [-0.39, 0.29) is 5.91 Å². The minimum atomic E-state index is -5.08. The third kappa shape index (κ3) is 11.2. The van der Waals surface area contributed by atoms with Gasteiger partial charge < -0.3 is 21.1 Å². The van der Waals surface area contributed by atoms with E-state index in [1.165, 1.54) is 0 Å². The SMILES string of the molecule is Cc1cc(N[C@@H](Cc2ccccc2)C(=O)NCc2cccs2)nc(NCCc2ccccn2)n1.O=C(O)C(F)(F)F. The molecule has 4 aromatic rings. The summed E-state index contributed by atoms with van der Waals surface area (Å²) in [4.78, 5) is 36.6. The first kappa shape index (κ1) is 31.0. The van der Waals surface area contributed by atoms with Gasteiger partial charge in [-0.15, -0.1) is 11.3 Å². The second-order valence-corrected chi connectivity index (χ2v) is 9.73. The molecule has 3 aromatic heterocycles. The summed E-state index contributed by atoms with van der Waals surface area (Å²) in [5.41, 5.74) is 2.90. The molecular formula is C28H29F3N6O3S. The molecule has 3 heterocycles. The molecule has 4 rings (SSSR count). The highest BCUT2D eigenvalue weighted by atomic mass is 32.1. The lowest BCUT2D eigenvalue weighted by Gasteiger charge is -2.20. The average Bonchev–Trinajstić information content (AvgIpc) is 3.46. The summed E-state index contributed by atoms with van der Waals surface area (Å²) in [6, 6.07) is 21.2. The third-order valence-electron chi connectivity index (χ3n) is 5.43. The number of halogens is 3. The van der Waals surface area contributed by atoms with Crippen LogP contribution < -0.4 is 16.0 Å². The Balaban J connectivity index is 0.000000587. The van der Waals surface area contributed by atoms with Crippen molar-refractivity contribution < 1.29 is 27.9 Å². The zero-order valence-electron chi connectivity index (χ0n) is 22.1. The molecule has 0 aliphatic heterocycles. The van der Waals surface area contributed by atoms with E-state index in [9.17, 15) is 18.0 Å². The van der Waals surface area contributed by atoms with Gasteiger partial charge in [0.25, 0.3) is 0 Å². The number of carbonyl (C=O) groups excluding carboxylic acids is 1. The first-order valence-corrected chi connectivity index (χ1v) is 13.4. The van der Waals surface area contributed by atoms with Crippen molar-refractivity contribution in [3.05, 3.63) is 100 Å². The van der Waals surface area contributed by atoms with E-state index in [0.717, 1.165) is 28.2 Å². The molecule has 1 aromatic carbocycles. The van der Waals surface area contributed by atoms with E-state index < -0.39 is 18.2 Å². The van der Waals surface area contributed by atoms with Gasteiger partial charge in [-0.3, -0.25) is 9.78 Å². The van der Waals surface area contributed by atoms with Gasteiger partial charge in [-0.1, -0.05) is 42.5 Å². The van der Waals surface area contributed by atoms with E-state index in [0.29, 0.717) is 31.3 Å². The number of thiophene rings is 1. The number of aromatic nitrogens is 3. The Labute approximate surface area is 238 Å². The number of hydrogen-bond acceptors (Lipinski definition) is 8. The molecule has 0 saturated heterocycles. The number of alkyl halides is 3. The molecule has 41 heavy (non-hydrogen) atoms. The Morgan fingerprint density at radius 1 is 1.02 bits per heavy atom. The van der Waals surface area contributed by atoms with Gasteiger partial charge in [0, 0.05) is 47.9 Å². The molecule has 0 radical (unpaired) electrons. The molecule has 0 fully saturated rings. The van der Waals surface area contributed by atoms with Crippen LogP contribution in [0.5, 0.6) is 0 Å².